The Balaban J connectivity index is 1.85. The Morgan fingerprint density at radius 3 is 2.55 bits per heavy atom. The number of esters is 1. The molecular formula is C19H18BrF2NO5S. The minimum absolute atomic E-state index is 0.0244. The van der Waals surface area contributed by atoms with Gasteiger partial charge >= 0.3 is 5.97 Å². The molecule has 1 atom stereocenters. The number of halogens is 3. The fraction of sp³-hybridized carbons (Fsp3) is 0.316. The SMILES string of the molecule is CC(OC(=O)c1ccc(Br)c(S(=O)(=O)N2CCOCC2)c1)c1cc(F)ccc1F. The number of hydrogen-bond donors (Lipinski definition) is 0. The van der Waals surface area contributed by atoms with Gasteiger partial charge in [-0.2, -0.15) is 4.31 Å². The van der Waals surface area contributed by atoms with Crippen LogP contribution in [0.2, 0.25) is 0 Å². The van der Waals surface area contributed by atoms with Gasteiger partial charge in [0, 0.05) is 23.1 Å². The first kappa shape index (κ1) is 21.8. The van der Waals surface area contributed by atoms with E-state index in [1.807, 2.05) is 0 Å². The van der Waals surface area contributed by atoms with Gasteiger partial charge in [-0.05, 0) is 59.3 Å². The molecule has 3 rings (SSSR count). The van der Waals surface area contributed by atoms with Gasteiger partial charge in [0.25, 0.3) is 0 Å². The van der Waals surface area contributed by atoms with E-state index in [1.54, 1.807) is 0 Å². The van der Waals surface area contributed by atoms with E-state index >= 15 is 0 Å². The minimum Gasteiger partial charge on any atom is -0.454 e. The van der Waals surface area contributed by atoms with Crippen LogP contribution in [0.5, 0.6) is 0 Å². The van der Waals surface area contributed by atoms with Crippen molar-refractivity contribution in [2.45, 2.75) is 17.9 Å². The van der Waals surface area contributed by atoms with Crippen LogP contribution in [0, 0.1) is 11.6 Å². The zero-order valence-electron chi connectivity index (χ0n) is 15.4. The molecule has 1 aliphatic rings. The maximum absolute atomic E-state index is 13.9. The molecule has 1 heterocycles. The Kier molecular flexibility index (Phi) is 6.67. The first-order valence-corrected chi connectivity index (χ1v) is 11.0. The Morgan fingerprint density at radius 1 is 1.17 bits per heavy atom. The molecule has 2 aromatic rings. The van der Waals surface area contributed by atoms with Gasteiger partial charge < -0.3 is 9.47 Å². The van der Waals surface area contributed by atoms with Gasteiger partial charge in [0.1, 0.15) is 17.7 Å². The quantitative estimate of drug-likeness (QED) is 0.599. The lowest BCUT2D eigenvalue weighted by atomic mass is 10.1. The average Bonchev–Trinajstić information content (AvgIpc) is 2.70. The van der Waals surface area contributed by atoms with Gasteiger partial charge in [-0.1, -0.05) is 0 Å². The highest BCUT2D eigenvalue weighted by Crippen LogP contribution is 2.28. The van der Waals surface area contributed by atoms with E-state index in [0.29, 0.717) is 4.47 Å². The summed E-state index contributed by atoms with van der Waals surface area (Å²) in [6, 6.07) is 6.87. The van der Waals surface area contributed by atoms with Crippen molar-refractivity contribution in [1.29, 1.82) is 0 Å². The number of benzene rings is 2. The number of carbonyl (C=O) groups is 1. The number of sulfonamides is 1. The summed E-state index contributed by atoms with van der Waals surface area (Å²) in [5.41, 5.74) is -0.139. The number of nitrogens with zero attached hydrogens (tertiary/aromatic N) is 1. The van der Waals surface area contributed by atoms with Crippen LogP contribution in [-0.4, -0.2) is 45.0 Å². The van der Waals surface area contributed by atoms with Crippen LogP contribution in [0.25, 0.3) is 0 Å². The summed E-state index contributed by atoms with van der Waals surface area (Å²) in [4.78, 5) is 12.4. The second-order valence-electron chi connectivity index (χ2n) is 6.38. The summed E-state index contributed by atoms with van der Waals surface area (Å²) < 4.78 is 65.1. The molecule has 0 amide bonds. The molecule has 6 nitrogen and oxygen atoms in total. The summed E-state index contributed by atoms with van der Waals surface area (Å²) >= 11 is 3.21. The summed E-state index contributed by atoms with van der Waals surface area (Å²) in [5.74, 6) is -2.22. The third kappa shape index (κ3) is 4.82. The number of morpholine rings is 1. The van der Waals surface area contributed by atoms with Crippen LogP contribution in [-0.2, 0) is 19.5 Å². The van der Waals surface area contributed by atoms with Gasteiger partial charge in [-0.15, -0.1) is 0 Å². The van der Waals surface area contributed by atoms with Gasteiger partial charge in [-0.25, -0.2) is 22.0 Å². The summed E-state index contributed by atoms with van der Waals surface area (Å²) in [7, 11) is -3.85. The van der Waals surface area contributed by atoms with Gasteiger partial charge in [0.2, 0.25) is 10.0 Å². The molecule has 0 aromatic heterocycles. The highest BCUT2D eigenvalue weighted by Gasteiger charge is 2.29. The predicted octanol–water partition coefficient (Wildman–Crippen LogP) is 3.67. The van der Waals surface area contributed by atoms with Crippen LogP contribution >= 0.6 is 15.9 Å². The van der Waals surface area contributed by atoms with Gasteiger partial charge in [0.15, 0.2) is 0 Å². The molecule has 29 heavy (non-hydrogen) atoms. The van der Waals surface area contributed by atoms with Crippen LogP contribution < -0.4 is 0 Å². The Morgan fingerprint density at radius 2 is 1.86 bits per heavy atom. The molecule has 1 saturated heterocycles. The summed E-state index contributed by atoms with van der Waals surface area (Å²) in [6.45, 7) is 2.39. The largest absolute Gasteiger partial charge is 0.454 e. The minimum atomic E-state index is -3.85. The molecule has 1 unspecified atom stereocenters. The maximum Gasteiger partial charge on any atom is 0.338 e. The predicted molar refractivity (Wildman–Crippen MR) is 104 cm³/mol. The van der Waals surface area contributed by atoms with Crippen molar-refractivity contribution in [1.82, 2.24) is 4.31 Å². The lowest BCUT2D eigenvalue weighted by Crippen LogP contribution is -2.40. The van der Waals surface area contributed by atoms with E-state index < -0.39 is 33.7 Å². The first-order chi connectivity index (χ1) is 13.7. The number of rotatable bonds is 5. The van der Waals surface area contributed by atoms with Crippen molar-refractivity contribution >= 4 is 31.9 Å². The highest BCUT2D eigenvalue weighted by molar-refractivity contribution is 9.10. The molecule has 0 spiro atoms. The monoisotopic (exact) mass is 489 g/mol. The zero-order valence-corrected chi connectivity index (χ0v) is 17.8. The smallest absolute Gasteiger partial charge is 0.338 e. The molecule has 1 fully saturated rings. The number of hydrogen-bond acceptors (Lipinski definition) is 5. The molecule has 2 aromatic carbocycles. The van der Waals surface area contributed by atoms with Crippen molar-refractivity contribution in [3.63, 3.8) is 0 Å². The standard InChI is InChI=1S/C19H18BrF2NO5S/c1-12(15-11-14(21)3-5-17(15)22)28-19(24)13-2-4-16(20)18(10-13)29(25,26)23-6-8-27-9-7-23/h2-5,10-12H,6-9H2,1H3. The van der Waals surface area contributed by atoms with Crippen molar-refractivity contribution in [3.8, 4) is 0 Å². The number of carbonyl (C=O) groups excluding carboxylic acids is 1. The summed E-state index contributed by atoms with van der Waals surface area (Å²) in [5, 5.41) is 0. The molecule has 0 aliphatic carbocycles. The first-order valence-electron chi connectivity index (χ1n) is 8.73. The highest BCUT2D eigenvalue weighted by atomic mass is 79.9. The second-order valence-corrected chi connectivity index (χ2v) is 9.14. The van der Waals surface area contributed by atoms with Gasteiger partial charge in [-0.3, -0.25) is 0 Å². The Bertz CT molecular complexity index is 1030. The Hall–Kier alpha value is -1.88. The molecule has 0 saturated carbocycles. The fourth-order valence-corrected chi connectivity index (χ4v) is 5.23. The fourth-order valence-electron chi connectivity index (χ4n) is 2.87. The van der Waals surface area contributed by atoms with Crippen molar-refractivity contribution in [2.24, 2.45) is 0 Å². The van der Waals surface area contributed by atoms with Gasteiger partial charge in [0.05, 0.1) is 23.7 Å². The van der Waals surface area contributed by atoms with Crippen molar-refractivity contribution < 1.29 is 31.5 Å². The van der Waals surface area contributed by atoms with E-state index in [4.69, 9.17) is 9.47 Å². The molecule has 10 heteroatoms. The normalized spacial score (nSPS) is 16.4. The molecule has 0 N–H and O–H groups in total. The van der Waals surface area contributed by atoms with Crippen LogP contribution in [0.1, 0.15) is 28.9 Å². The lowest BCUT2D eigenvalue weighted by molar-refractivity contribution is 0.0330. The van der Waals surface area contributed by atoms with Crippen molar-refractivity contribution in [3.05, 3.63) is 63.6 Å². The molecular weight excluding hydrogens is 472 g/mol. The zero-order chi connectivity index (χ0) is 21.2. The molecule has 1 aliphatic heterocycles. The maximum atomic E-state index is 13.9. The third-order valence-electron chi connectivity index (χ3n) is 4.43. The topological polar surface area (TPSA) is 72.9 Å². The van der Waals surface area contributed by atoms with E-state index in [0.717, 1.165) is 18.2 Å². The third-order valence-corrected chi connectivity index (χ3v) is 7.33. The van der Waals surface area contributed by atoms with Crippen molar-refractivity contribution in [2.75, 3.05) is 26.3 Å². The lowest BCUT2D eigenvalue weighted by Gasteiger charge is -2.26. The molecule has 156 valence electrons. The average molecular weight is 490 g/mol. The van der Waals surface area contributed by atoms with Crippen LogP contribution in [0.15, 0.2) is 45.8 Å². The second kappa shape index (κ2) is 8.86. The molecule has 0 bridgehead atoms. The van der Waals surface area contributed by atoms with E-state index in [1.165, 1.54) is 29.4 Å². The summed E-state index contributed by atoms with van der Waals surface area (Å²) in [6.07, 6.45) is -1.07. The van der Waals surface area contributed by atoms with Crippen LogP contribution in [0.4, 0.5) is 8.78 Å². The Labute approximate surface area is 175 Å². The molecule has 0 radical (unpaired) electrons. The van der Waals surface area contributed by atoms with E-state index in [2.05, 4.69) is 15.9 Å². The number of ether oxygens (including phenoxy) is 2. The van der Waals surface area contributed by atoms with E-state index in [-0.39, 0.29) is 42.3 Å². The van der Waals surface area contributed by atoms with Crippen LogP contribution in [0.3, 0.4) is 0 Å². The van der Waals surface area contributed by atoms with E-state index in [9.17, 15) is 22.0 Å².